The number of halogens is 1. The van der Waals surface area contributed by atoms with E-state index >= 15 is 0 Å². The lowest BCUT2D eigenvalue weighted by Gasteiger charge is -2.18. The van der Waals surface area contributed by atoms with Gasteiger partial charge in [-0.3, -0.25) is 4.79 Å². The van der Waals surface area contributed by atoms with E-state index in [2.05, 4.69) is 0 Å². The molecule has 6 nitrogen and oxygen atoms in total. The van der Waals surface area contributed by atoms with Crippen LogP contribution < -0.4 is 24.4 Å². The van der Waals surface area contributed by atoms with Crippen molar-refractivity contribution in [2.24, 2.45) is 0 Å². The standard InChI is InChI=1S/C19H17FO6/c1-22-15-11-13(21)12(20)14(10-8-6-5-7-9-10)26-16(11)18(24-3)19(25-4)17(15)23-2/h5-9H,1-4H3. The van der Waals surface area contributed by atoms with Gasteiger partial charge in [0, 0.05) is 5.56 Å². The van der Waals surface area contributed by atoms with Crippen molar-refractivity contribution in [1.29, 1.82) is 0 Å². The molecule has 1 heterocycles. The molecule has 0 bridgehead atoms. The Hall–Kier alpha value is -3.22. The van der Waals surface area contributed by atoms with E-state index in [1.54, 1.807) is 30.3 Å². The molecule has 26 heavy (non-hydrogen) atoms. The molecule has 0 radical (unpaired) electrons. The van der Waals surface area contributed by atoms with Crippen molar-refractivity contribution in [3.8, 4) is 34.3 Å². The van der Waals surface area contributed by atoms with Gasteiger partial charge < -0.3 is 23.4 Å². The van der Waals surface area contributed by atoms with Crippen molar-refractivity contribution in [3.05, 3.63) is 46.4 Å². The zero-order chi connectivity index (χ0) is 18.8. The van der Waals surface area contributed by atoms with Crippen LogP contribution in [0.4, 0.5) is 4.39 Å². The van der Waals surface area contributed by atoms with E-state index in [-0.39, 0.29) is 39.7 Å². The number of rotatable bonds is 5. The fourth-order valence-electron chi connectivity index (χ4n) is 2.83. The van der Waals surface area contributed by atoms with Crippen LogP contribution in [0.2, 0.25) is 0 Å². The van der Waals surface area contributed by atoms with Gasteiger partial charge in [0.25, 0.3) is 0 Å². The van der Waals surface area contributed by atoms with Gasteiger partial charge >= 0.3 is 0 Å². The molecule has 0 fully saturated rings. The van der Waals surface area contributed by atoms with Crippen LogP contribution in [0.3, 0.4) is 0 Å². The second-order valence-corrected chi connectivity index (χ2v) is 5.28. The SMILES string of the molecule is COc1c(OC)c(OC)c2c(=O)c(F)c(-c3ccccc3)oc2c1OC. The summed E-state index contributed by atoms with van der Waals surface area (Å²) in [6.07, 6.45) is 0. The van der Waals surface area contributed by atoms with Crippen LogP contribution in [0.1, 0.15) is 0 Å². The largest absolute Gasteiger partial charge is 0.492 e. The summed E-state index contributed by atoms with van der Waals surface area (Å²) in [5, 5.41) is -0.126. The lowest BCUT2D eigenvalue weighted by Crippen LogP contribution is -2.12. The Morgan fingerprint density at radius 1 is 0.808 bits per heavy atom. The molecule has 0 saturated heterocycles. The molecule has 7 heteroatoms. The second kappa shape index (κ2) is 6.95. The fourth-order valence-corrected chi connectivity index (χ4v) is 2.83. The summed E-state index contributed by atoms with van der Waals surface area (Å²) in [4.78, 5) is 12.8. The van der Waals surface area contributed by atoms with E-state index < -0.39 is 11.2 Å². The van der Waals surface area contributed by atoms with Crippen molar-refractivity contribution in [2.45, 2.75) is 0 Å². The maximum absolute atomic E-state index is 14.8. The topological polar surface area (TPSA) is 67.1 Å². The van der Waals surface area contributed by atoms with Crippen molar-refractivity contribution in [2.75, 3.05) is 28.4 Å². The third-order valence-corrected chi connectivity index (χ3v) is 3.96. The summed E-state index contributed by atoms with van der Waals surface area (Å²) in [5.41, 5.74) is -0.465. The van der Waals surface area contributed by atoms with Crippen LogP contribution in [0.15, 0.2) is 39.5 Å². The van der Waals surface area contributed by atoms with Crippen LogP contribution >= 0.6 is 0 Å². The molecule has 0 N–H and O–H groups in total. The Morgan fingerprint density at radius 2 is 1.35 bits per heavy atom. The van der Waals surface area contributed by atoms with Gasteiger partial charge in [-0.05, 0) is 0 Å². The normalized spacial score (nSPS) is 10.7. The first-order valence-corrected chi connectivity index (χ1v) is 7.66. The number of hydrogen-bond donors (Lipinski definition) is 0. The molecular weight excluding hydrogens is 343 g/mol. The number of hydrogen-bond acceptors (Lipinski definition) is 6. The maximum Gasteiger partial charge on any atom is 0.233 e. The van der Waals surface area contributed by atoms with Gasteiger partial charge in [-0.1, -0.05) is 30.3 Å². The number of fused-ring (bicyclic) bond motifs is 1. The van der Waals surface area contributed by atoms with E-state index in [0.29, 0.717) is 5.56 Å². The summed E-state index contributed by atoms with van der Waals surface area (Å²) >= 11 is 0. The molecule has 3 rings (SSSR count). The molecule has 0 unspecified atom stereocenters. The molecular formula is C19H17FO6. The molecule has 0 spiro atoms. The van der Waals surface area contributed by atoms with Gasteiger partial charge in [0.15, 0.2) is 17.1 Å². The summed E-state index contributed by atoms with van der Waals surface area (Å²) in [6.45, 7) is 0. The lowest BCUT2D eigenvalue weighted by molar-refractivity contribution is 0.306. The van der Waals surface area contributed by atoms with Crippen molar-refractivity contribution >= 4 is 11.0 Å². The Labute approximate surface area is 148 Å². The highest BCUT2D eigenvalue weighted by molar-refractivity contribution is 5.95. The molecule has 0 aliphatic rings. The van der Waals surface area contributed by atoms with Crippen LogP contribution in [0, 0.1) is 5.82 Å². The lowest BCUT2D eigenvalue weighted by atomic mass is 10.1. The van der Waals surface area contributed by atoms with E-state index in [1.165, 1.54) is 28.4 Å². The molecule has 0 aliphatic heterocycles. The smallest absolute Gasteiger partial charge is 0.233 e. The van der Waals surface area contributed by atoms with Crippen LogP contribution in [-0.2, 0) is 0 Å². The van der Waals surface area contributed by atoms with Gasteiger partial charge in [-0.15, -0.1) is 0 Å². The molecule has 1 aromatic heterocycles. The predicted molar refractivity (Wildman–Crippen MR) is 94.1 cm³/mol. The Morgan fingerprint density at radius 3 is 1.88 bits per heavy atom. The highest BCUT2D eigenvalue weighted by Crippen LogP contribution is 2.50. The molecule has 0 saturated carbocycles. The number of ether oxygens (including phenoxy) is 4. The summed E-state index contributed by atoms with van der Waals surface area (Å²) < 4.78 is 41.8. The summed E-state index contributed by atoms with van der Waals surface area (Å²) in [5.74, 6) is -0.833. The van der Waals surface area contributed by atoms with Crippen molar-refractivity contribution < 1.29 is 27.8 Å². The maximum atomic E-state index is 14.8. The van der Waals surface area contributed by atoms with Crippen LogP contribution in [0.5, 0.6) is 23.0 Å². The van der Waals surface area contributed by atoms with E-state index in [0.717, 1.165) is 0 Å². The summed E-state index contributed by atoms with van der Waals surface area (Å²) in [7, 11) is 5.51. The first kappa shape index (κ1) is 17.6. The third-order valence-electron chi connectivity index (χ3n) is 3.96. The quantitative estimate of drug-likeness (QED) is 0.692. The third kappa shape index (κ3) is 2.52. The minimum Gasteiger partial charge on any atom is -0.492 e. The monoisotopic (exact) mass is 360 g/mol. The zero-order valence-corrected chi connectivity index (χ0v) is 14.7. The highest BCUT2D eigenvalue weighted by atomic mass is 19.1. The Balaban J connectivity index is 2.54. The molecule has 0 amide bonds. The molecule has 3 aromatic rings. The van der Waals surface area contributed by atoms with E-state index in [1.807, 2.05) is 0 Å². The van der Waals surface area contributed by atoms with Crippen molar-refractivity contribution in [1.82, 2.24) is 0 Å². The second-order valence-electron chi connectivity index (χ2n) is 5.28. The average Bonchev–Trinajstić information content (AvgIpc) is 2.69. The highest BCUT2D eigenvalue weighted by Gasteiger charge is 2.29. The molecule has 136 valence electrons. The average molecular weight is 360 g/mol. The molecule has 0 aliphatic carbocycles. The first-order chi connectivity index (χ1) is 12.6. The number of methoxy groups -OCH3 is 4. The molecule has 2 aromatic carbocycles. The van der Waals surface area contributed by atoms with Crippen molar-refractivity contribution in [3.63, 3.8) is 0 Å². The van der Waals surface area contributed by atoms with Gasteiger partial charge in [-0.25, -0.2) is 0 Å². The van der Waals surface area contributed by atoms with Gasteiger partial charge in [-0.2, -0.15) is 4.39 Å². The molecule has 0 atom stereocenters. The van der Waals surface area contributed by atoms with Gasteiger partial charge in [0.05, 0.1) is 28.4 Å². The van der Waals surface area contributed by atoms with E-state index in [9.17, 15) is 9.18 Å². The first-order valence-electron chi connectivity index (χ1n) is 7.66. The minimum absolute atomic E-state index is 0.00672. The predicted octanol–water partition coefficient (Wildman–Crippen LogP) is 3.63. The minimum atomic E-state index is -1.03. The van der Waals surface area contributed by atoms with Crippen LogP contribution in [-0.4, -0.2) is 28.4 Å². The van der Waals surface area contributed by atoms with Gasteiger partial charge in [0.1, 0.15) is 5.39 Å². The zero-order valence-electron chi connectivity index (χ0n) is 14.7. The fraction of sp³-hybridized carbons (Fsp3) is 0.211. The van der Waals surface area contributed by atoms with E-state index in [4.69, 9.17) is 23.4 Å². The summed E-state index contributed by atoms with van der Waals surface area (Å²) in [6, 6.07) is 8.48. The number of benzene rings is 2. The Kier molecular flexibility index (Phi) is 4.71. The Bertz CT molecular complexity index is 1010. The van der Waals surface area contributed by atoms with Gasteiger partial charge in [0.2, 0.25) is 28.5 Å². The van der Waals surface area contributed by atoms with Crippen LogP contribution in [0.25, 0.3) is 22.3 Å².